The number of halogens is 1. The molecule has 0 aromatic heterocycles. The molecule has 0 heterocycles. The van der Waals surface area contributed by atoms with E-state index in [4.69, 9.17) is 11.8 Å². The second-order valence-electron chi connectivity index (χ2n) is 2.38. The number of nitro groups is 2. The number of rotatable bonds is 4. The van der Waals surface area contributed by atoms with Crippen molar-refractivity contribution in [1.29, 1.82) is 0 Å². The Kier molecular flexibility index (Phi) is 3.37. The average Bonchev–Trinajstić information content (AvgIpc) is 2.17. The van der Waals surface area contributed by atoms with Crippen molar-refractivity contribution >= 4 is 23.2 Å². The SMILES string of the molecule is O=[N+]([O-])c1cc(ONCl)cc([N+](=O)[O-])c1. The fourth-order valence-electron chi connectivity index (χ4n) is 0.882. The van der Waals surface area contributed by atoms with E-state index in [-0.39, 0.29) is 5.75 Å². The van der Waals surface area contributed by atoms with E-state index in [2.05, 4.69) is 4.84 Å². The first-order valence-electron chi connectivity index (χ1n) is 3.51. The zero-order chi connectivity index (χ0) is 11.4. The van der Waals surface area contributed by atoms with Gasteiger partial charge in [-0.15, -0.1) is 0 Å². The fourth-order valence-corrected chi connectivity index (χ4v) is 0.971. The Bertz CT molecular complexity index is 378. The second kappa shape index (κ2) is 4.53. The van der Waals surface area contributed by atoms with Crippen molar-refractivity contribution in [2.45, 2.75) is 0 Å². The summed E-state index contributed by atoms with van der Waals surface area (Å²) in [6, 6.07) is 2.83. The summed E-state index contributed by atoms with van der Waals surface area (Å²) in [5.74, 6) is -0.120. The molecule has 15 heavy (non-hydrogen) atoms. The zero-order valence-electron chi connectivity index (χ0n) is 7.05. The Morgan fingerprint density at radius 1 is 1.13 bits per heavy atom. The van der Waals surface area contributed by atoms with E-state index in [1.165, 1.54) is 0 Å². The normalized spacial score (nSPS) is 9.67. The summed E-state index contributed by atoms with van der Waals surface area (Å²) in [7, 11) is 0. The van der Waals surface area contributed by atoms with Gasteiger partial charge in [-0.3, -0.25) is 20.2 Å². The molecule has 1 aromatic rings. The summed E-state index contributed by atoms with van der Waals surface area (Å²) in [4.78, 5) is 25.5. The monoisotopic (exact) mass is 233 g/mol. The second-order valence-corrected chi connectivity index (χ2v) is 2.53. The van der Waals surface area contributed by atoms with Crippen LogP contribution < -0.4 is 9.84 Å². The van der Waals surface area contributed by atoms with E-state index in [0.717, 1.165) is 18.2 Å². The van der Waals surface area contributed by atoms with E-state index < -0.39 is 21.2 Å². The van der Waals surface area contributed by atoms with Gasteiger partial charge in [-0.25, -0.2) is 0 Å². The summed E-state index contributed by atoms with van der Waals surface area (Å²) in [6.07, 6.45) is 0. The van der Waals surface area contributed by atoms with Crippen LogP contribution in [0.4, 0.5) is 11.4 Å². The molecule has 0 amide bonds. The molecule has 80 valence electrons. The summed E-state index contributed by atoms with van der Waals surface area (Å²) in [5.41, 5.74) is -0.905. The molecule has 0 saturated heterocycles. The minimum atomic E-state index is -0.770. The predicted octanol–water partition coefficient (Wildman–Crippen LogP) is 1.54. The highest BCUT2D eigenvalue weighted by atomic mass is 35.5. The highest BCUT2D eigenvalue weighted by Crippen LogP contribution is 2.26. The largest absolute Gasteiger partial charge is 0.393 e. The number of nitrogens with one attached hydrogen (secondary N) is 1. The number of nitro benzene ring substituents is 2. The lowest BCUT2D eigenvalue weighted by molar-refractivity contribution is -0.394. The van der Waals surface area contributed by atoms with E-state index in [1.54, 1.807) is 5.00 Å². The Labute approximate surface area is 87.8 Å². The summed E-state index contributed by atoms with van der Waals surface area (Å²) in [6.45, 7) is 0. The summed E-state index contributed by atoms with van der Waals surface area (Å²) >= 11 is 4.99. The maximum Gasteiger partial charge on any atom is 0.280 e. The molecular formula is C6H4ClN3O5. The molecule has 0 atom stereocenters. The Hall–Kier alpha value is -1.93. The van der Waals surface area contributed by atoms with Gasteiger partial charge in [0.1, 0.15) is 0 Å². The van der Waals surface area contributed by atoms with Crippen LogP contribution in [0.1, 0.15) is 0 Å². The quantitative estimate of drug-likeness (QED) is 0.480. The first-order valence-corrected chi connectivity index (χ1v) is 3.88. The third-order valence-electron chi connectivity index (χ3n) is 1.45. The van der Waals surface area contributed by atoms with Gasteiger partial charge in [0, 0.05) is 11.8 Å². The van der Waals surface area contributed by atoms with Crippen LogP contribution in [0.5, 0.6) is 5.75 Å². The molecule has 0 aliphatic rings. The van der Waals surface area contributed by atoms with E-state index in [9.17, 15) is 20.2 Å². The molecule has 9 heteroatoms. The lowest BCUT2D eigenvalue weighted by atomic mass is 10.2. The molecule has 8 nitrogen and oxygen atoms in total. The number of hydrogen-bond acceptors (Lipinski definition) is 6. The van der Waals surface area contributed by atoms with Crippen LogP contribution in [-0.2, 0) is 0 Å². The molecule has 0 aliphatic carbocycles. The van der Waals surface area contributed by atoms with Crippen LogP contribution in [-0.4, -0.2) is 9.85 Å². The molecular weight excluding hydrogens is 230 g/mol. The lowest BCUT2D eigenvalue weighted by Crippen LogP contribution is -2.05. The van der Waals surface area contributed by atoms with Crippen molar-refractivity contribution in [2.75, 3.05) is 0 Å². The van der Waals surface area contributed by atoms with Crippen molar-refractivity contribution in [2.24, 2.45) is 0 Å². The zero-order valence-corrected chi connectivity index (χ0v) is 7.80. The molecule has 0 unspecified atom stereocenters. The van der Waals surface area contributed by atoms with Crippen molar-refractivity contribution in [3.63, 3.8) is 0 Å². The standard InChI is InChI=1S/C6H4ClN3O5/c7-8-15-6-2-4(9(11)12)1-5(3-6)10(13)14/h1-3,8H. The third kappa shape index (κ3) is 2.76. The van der Waals surface area contributed by atoms with E-state index in [1.807, 2.05) is 0 Å². The van der Waals surface area contributed by atoms with Gasteiger partial charge in [0.2, 0.25) is 0 Å². The lowest BCUT2D eigenvalue weighted by Gasteiger charge is -2.00. The van der Waals surface area contributed by atoms with Gasteiger partial charge < -0.3 is 4.84 Å². The summed E-state index contributed by atoms with van der Waals surface area (Å²) < 4.78 is 0. The average molecular weight is 234 g/mol. The molecule has 0 aliphatic heterocycles. The van der Waals surface area contributed by atoms with Crippen molar-refractivity contribution in [3.8, 4) is 5.75 Å². The van der Waals surface area contributed by atoms with E-state index in [0.29, 0.717) is 0 Å². The van der Waals surface area contributed by atoms with Crippen LogP contribution in [0.15, 0.2) is 18.2 Å². The highest BCUT2D eigenvalue weighted by Gasteiger charge is 2.17. The first-order chi connectivity index (χ1) is 7.04. The van der Waals surface area contributed by atoms with Gasteiger partial charge in [0.05, 0.1) is 28.0 Å². The fraction of sp³-hybridized carbons (Fsp3) is 0. The number of hydrogen-bond donors (Lipinski definition) is 1. The Balaban J connectivity index is 3.19. The van der Waals surface area contributed by atoms with Crippen LogP contribution in [0.25, 0.3) is 0 Å². The molecule has 1 aromatic carbocycles. The van der Waals surface area contributed by atoms with Crippen molar-refractivity contribution in [3.05, 3.63) is 38.4 Å². The minimum absolute atomic E-state index is 0.120. The smallest absolute Gasteiger partial charge is 0.280 e. The van der Waals surface area contributed by atoms with Crippen LogP contribution in [0.3, 0.4) is 0 Å². The molecule has 0 saturated carbocycles. The number of nitrogens with zero attached hydrogens (tertiary/aromatic N) is 2. The molecule has 0 spiro atoms. The van der Waals surface area contributed by atoms with Crippen molar-refractivity contribution in [1.82, 2.24) is 5.00 Å². The van der Waals surface area contributed by atoms with Crippen LogP contribution in [0, 0.1) is 20.2 Å². The number of benzene rings is 1. The van der Waals surface area contributed by atoms with Crippen LogP contribution in [0.2, 0.25) is 0 Å². The van der Waals surface area contributed by atoms with Gasteiger partial charge in [0.15, 0.2) is 5.75 Å². The van der Waals surface area contributed by atoms with Gasteiger partial charge in [-0.1, -0.05) is 5.00 Å². The molecule has 0 radical (unpaired) electrons. The molecule has 1 rings (SSSR count). The van der Waals surface area contributed by atoms with Crippen molar-refractivity contribution < 1.29 is 14.7 Å². The van der Waals surface area contributed by atoms with Gasteiger partial charge in [0.25, 0.3) is 11.4 Å². The van der Waals surface area contributed by atoms with Gasteiger partial charge >= 0.3 is 0 Å². The molecule has 1 N–H and O–H groups in total. The highest BCUT2D eigenvalue weighted by molar-refractivity contribution is 6.12. The maximum absolute atomic E-state index is 10.4. The maximum atomic E-state index is 10.4. The molecule has 0 fully saturated rings. The Morgan fingerprint density at radius 2 is 1.60 bits per heavy atom. The Morgan fingerprint density at radius 3 is 1.93 bits per heavy atom. The van der Waals surface area contributed by atoms with Gasteiger partial charge in [-0.2, -0.15) is 0 Å². The minimum Gasteiger partial charge on any atom is -0.393 e. The third-order valence-corrected chi connectivity index (χ3v) is 1.53. The topological polar surface area (TPSA) is 108 Å². The number of non-ortho nitro benzene ring substituents is 2. The summed E-state index contributed by atoms with van der Waals surface area (Å²) in [5, 5.41) is 20.8. The van der Waals surface area contributed by atoms with Gasteiger partial charge in [-0.05, 0) is 0 Å². The first kappa shape index (κ1) is 11.1. The van der Waals surface area contributed by atoms with Crippen LogP contribution >= 0.6 is 11.8 Å². The predicted molar refractivity (Wildman–Crippen MR) is 49.4 cm³/mol. The van der Waals surface area contributed by atoms with E-state index >= 15 is 0 Å². The molecule has 0 bridgehead atoms.